The molecule has 4 rings (SSSR count). The first-order chi connectivity index (χ1) is 13.5. The van der Waals surface area contributed by atoms with Crippen molar-refractivity contribution in [3.8, 4) is 0 Å². The molecule has 0 bridgehead atoms. The van der Waals surface area contributed by atoms with E-state index < -0.39 is 23.4 Å². The van der Waals surface area contributed by atoms with Gasteiger partial charge in [0.25, 0.3) is 5.91 Å². The molecule has 1 atom stereocenters. The van der Waals surface area contributed by atoms with Gasteiger partial charge in [-0.05, 0) is 55.0 Å². The fraction of sp³-hybridized carbons (Fsp3) is 0.333. The number of hydrogen-bond acceptors (Lipinski definition) is 3. The number of hydrogen-bond donors (Lipinski definition) is 2. The maximum absolute atomic E-state index is 14.2. The molecule has 2 aromatic carbocycles. The highest BCUT2D eigenvalue weighted by Gasteiger charge is 2.25. The quantitative estimate of drug-likeness (QED) is 0.842. The van der Waals surface area contributed by atoms with Gasteiger partial charge in [0.05, 0.1) is 23.8 Å². The van der Waals surface area contributed by atoms with Gasteiger partial charge in [0.15, 0.2) is 0 Å². The van der Waals surface area contributed by atoms with Gasteiger partial charge in [-0.15, -0.1) is 0 Å². The zero-order chi connectivity index (χ0) is 19.7. The highest BCUT2D eigenvalue weighted by Crippen LogP contribution is 2.26. The van der Waals surface area contributed by atoms with Crippen LogP contribution in [0.4, 0.5) is 20.2 Å². The van der Waals surface area contributed by atoms with Crippen molar-refractivity contribution >= 4 is 23.2 Å². The molecule has 2 aliphatic rings. The summed E-state index contributed by atoms with van der Waals surface area (Å²) in [7, 11) is 0. The first-order valence-corrected chi connectivity index (χ1v) is 9.32. The van der Waals surface area contributed by atoms with E-state index >= 15 is 0 Å². The summed E-state index contributed by atoms with van der Waals surface area (Å²) in [6, 6.07) is 7.24. The first kappa shape index (κ1) is 18.6. The Hall–Kier alpha value is -2.80. The van der Waals surface area contributed by atoms with E-state index in [0.29, 0.717) is 24.8 Å². The average Bonchev–Trinajstić information content (AvgIpc) is 3.34. The van der Waals surface area contributed by atoms with Crippen LogP contribution in [0.2, 0.25) is 0 Å². The van der Waals surface area contributed by atoms with Crippen LogP contribution in [-0.4, -0.2) is 25.0 Å². The van der Waals surface area contributed by atoms with Gasteiger partial charge in [-0.3, -0.25) is 9.59 Å². The first-order valence-electron chi connectivity index (χ1n) is 9.32. The molecule has 1 aliphatic heterocycles. The summed E-state index contributed by atoms with van der Waals surface area (Å²) in [5.74, 6) is -3.41. The minimum Gasteiger partial charge on any atom is -0.381 e. The Balaban J connectivity index is 1.53. The topological polar surface area (TPSA) is 67.4 Å². The molecular formula is C21H20F2N2O3. The van der Waals surface area contributed by atoms with Gasteiger partial charge in [0.2, 0.25) is 5.91 Å². The molecule has 0 saturated carbocycles. The Labute approximate surface area is 161 Å². The number of halogens is 2. The van der Waals surface area contributed by atoms with Crippen molar-refractivity contribution in [3.05, 3.63) is 58.7 Å². The summed E-state index contributed by atoms with van der Waals surface area (Å²) < 4.78 is 33.5. The van der Waals surface area contributed by atoms with E-state index in [1.807, 2.05) is 12.1 Å². The molecule has 1 fully saturated rings. The van der Waals surface area contributed by atoms with Crippen LogP contribution < -0.4 is 10.6 Å². The maximum atomic E-state index is 14.2. The third kappa shape index (κ3) is 3.75. The summed E-state index contributed by atoms with van der Waals surface area (Å²) in [6.07, 6.45) is 3.59. The molecule has 1 aliphatic carbocycles. The van der Waals surface area contributed by atoms with E-state index in [-0.39, 0.29) is 23.8 Å². The molecular weight excluding hydrogens is 366 g/mol. The molecule has 1 saturated heterocycles. The van der Waals surface area contributed by atoms with Crippen molar-refractivity contribution in [2.24, 2.45) is 5.92 Å². The van der Waals surface area contributed by atoms with Gasteiger partial charge in [-0.1, -0.05) is 6.07 Å². The predicted octanol–water partition coefficient (Wildman–Crippen LogP) is 3.68. The number of anilines is 2. The van der Waals surface area contributed by atoms with Crippen LogP contribution in [0.1, 0.15) is 34.3 Å². The SMILES string of the molecule is O=C(Nc1ccc2c(c1)CCC2)c1cc(NC(=O)C2CCOC2)c(F)cc1F. The number of ether oxygens (including phenoxy) is 1. The smallest absolute Gasteiger partial charge is 0.258 e. The molecule has 2 amide bonds. The molecule has 2 N–H and O–H groups in total. The number of carbonyl (C=O) groups is 2. The van der Waals surface area contributed by atoms with Crippen LogP contribution in [0, 0.1) is 17.6 Å². The zero-order valence-electron chi connectivity index (χ0n) is 15.2. The fourth-order valence-corrected chi connectivity index (χ4v) is 3.64. The lowest BCUT2D eigenvalue weighted by Crippen LogP contribution is -2.24. The van der Waals surface area contributed by atoms with Crippen LogP contribution in [0.25, 0.3) is 0 Å². The summed E-state index contributed by atoms with van der Waals surface area (Å²) in [5.41, 5.74) is 2.43. The Kier molecular flexibility index (Phi) is 5.09. The van der Waals surface area contributed by atoms with Crippen LogP contribution in [0.3, 0.4) is 0 Å². The minimum atomic E-state index is -0.988. The summed E-state index contributed by atoms with van der Waals surface area (Å²) >= 11 is 0. The Morgan fingerprint density at radius 2 is 1.82 bits per heavy atom. The second-order valence-electron chi connectivity index (χ2n) is 7.15. The normalized spacial score (nSPS) is 18.0. The summed E-state index contributed by atoms with van der Waals surface area (Å²) in [6.45, 7) is 0.735. The lowest BCUT2D eigenvalue weighted by molar-refractivity contribution is -0.119. The highest BCUT2D eigenvalue weighted by atomic mass is 19.1. The lowest BCUT2D eigenvalue weighted by atomic mass is 10.1. The standard InChI is InChI=1S/C21H20F2N2O3/c22-17-10-18(23)19(25-20(26)14-6-7-28-11-14)9-16(17)21(27)24-15-5-4-12-2-1-3-13(12)8-15/h4-5,8-10,14H,1-3,6-7,11H2,(H,24,27)(H,25,26). The predicted molar refractivity (Wildman–Crippen MR) is 100 cm³/mol. The highest BCUT2D eigenvalue weighted by molar-refractivity contribution is 6.05. The van der Waals surface area contributed by atoms with Crippen LogP contribution in [0.5, 0.6) is 0 Å². The molecule has 28 heavy (non-hydrogen) atoms. The number of benzene rings is 2. The van der Waals surface area contributed by atoms with Crippen molar-refractivity contribution in [1.29, 1.82) is 0 Å². The fourth-order valence-electron chi connectivity index (χ4n) is 3.64. The van der Waals surface area contributed by atoms with E-state index in [1.165, 1.54) is 11.1 Å². The van der Waals surface area contributed by atoms with E-state index in [4.69, 9.17) is 4.74 Å². The molecule has 0 spiro atoms. The molecule has 0 aromatic heterocycles. The molecule has 2 aromatic rings. The number of aryl methyl sites for hydroxylation is 2. The van der Waals surface area contributed by atoms with Crippen molar-refractivity contribution in [1.82, 2.24) is 0 Å². The summed E-state index contributed by atoms with van der Waals surface area (Å²) in [4.78, 5) is 24.7. The van der Waals surface area contributed by atoms with E-state index in [9.17, 15) is 18.4 Å². The number of nitrogens with one attached hydrogen (secondary N) is 2. The van der Waals surface area contributed by atoms with Gasteiger partial charge in [0, 0.05) is 18.4 Å². The number of carbonyl (C=O) groups excluding carboxylic acids is 2. The Morgan fingerprint density at radius 3 is 2.61 bits per heavy atom. The number of rotatable bonds is 4. The Bertz CT molecular complexity index is 939. The third-order valence-electron chi connectivity index (χ3n) is 5.22. The van der Waals surface area contributed by atoms with Crippen molar-refractivity contribution < 1.29 is 23.1 Å². The molecule has 1 heterocycles. The molecule has 7 heteroatoms. The zero-order valence-corrected chi connectivity index (χ0v) is 15.2. The van der Waals surface area contributed by atoms with Crippen LogP contribution in [0.15, 0.2) is 30.3 Å². The average molecular weight is 386 g/mol. The van der Waals surface area contributed by atoms with Gasteiger partial charge in [-0.2, -0.15) is 0 Å². The molecule has 1 unspecified atom stereocenters. The van der Waals surface area contributed by atoms with Crippen molar-refractivity contribution in [2.45, 2.75) is 25.7 Å². The van der Waals surface area contributed by atoms with E-state index in [0.717, 1.165) is 25.3 Å². The van der Waals surface area contributed by atoms with Crippen molar-refractivity contribution in [3.63, 3.8) is 0 Å². The van der Waals surface area contributed by atoms with Crippen molar-refractivity contribution in [2.75, 3.05) is 23.8 Å². The molecule has 146 valence electrons. The molecule has 0 radical (unpaired) electrons. The number of amides is 2. The van der Waals surface area contributed by atoms with Crippen LogP contribution in [-0.2, 0) is 22.4 Å². The Morgan fingerprint density at radius 1 is 1.00 bits per heavy atom. The van der Waals surface area contributed by atoms with Gasteiger partial charge in [0.1, 0.15) is 11.6 Å². The van der Waals surface area contributed by atoms with E-state index in [2.05, 4.69) is 10.6 Å². The largest absolute Gasteiger partial charge is 0.381 e. The monoisotopic (exact) mass is 386 g/mol. The van der Waals surface area contributed by atoms with Gasteiger partial charge < -0.3 is 15.4 Å². The lowest BCUT2D eigenvalue weighted by Gasteiger charge is -2.13. The van der Waals surface area contributed by atoms with E-state index in [1.54, 1.807) is 6.07 Å². The minimum absolute atomic E-state index is 0.225. The molecule has 5 nitrogen and oxygen atoms in total. The van der Waals surface area contributed by atoms with Gasteiger partial charge >= 0.3 is 0 Å². The van der Waals surface area contributed by atoms with Crippen LogP contribution >= 0.6 is 0 Å². The third-order valence-corrected chi connectivity index (χ3v) is 5.22. The number of fused-ring (bicyclic) bond motifs is 1. The second kappa shape index (κ2) is 7.67. The van der Waals surface area contributed by atoms with Gasteiger partial charge in [-0.25, -0.2) is 8.78 Å². The summed E-state index contributed by atoms with van der Waals surface area (Å²) in [5, 5.41) is 5.08. The maximum Gasteiger partial charge on any atom is 0.258 e. The second-order valence-corrected chi connectivity index (χ2v) is 7.15.